The summed E-state index contributed by atoms with van der Waals surface area (Å²) >= 11 is 0. The van der Waals surface area contributed by atoms with Crippen molar-refractivity contribution < 1.29 is 9.53 Å². The van der Waals surface area contributed by atoms with Crippen LogP contribution >= 0.6 is 0 Å². The molecule has 0 aliphatic heterocycles. The molecule has 0 saturated carbocycles. The van der Waals surface area contributed by atoms with Crippen molar-refractivity contribution in [2.45, 2.75) is 6.92 Å². The molecule has 0 saturated heterocycles. The molecule has 1 N–H and O–H groups in total. The zero-order chi connectivity index (χ0) is 13.7. The van der Waals surface area contributed by atoms with Crippen LogP contribution in [0.1, 0.15) is 15.9 Å². The number of para-hydroxylation sites is 1. The van der Waals surface area contributed by atoms with Crippen LogP contribution in [0, 0.1) is 6.92 Å². The van der Waals surface area contributed by atoms with Crippen molar-refractivity contribution in [1.29, 1.82) is 0 Å². The van der Waals surface area contributed by atoms with Crippen molar-refractivity contribution in [1.82, 2.24) is 0 Å². The van der Waals surface area contributed by atoms with Gasteiger partial charge in [0.2, 0.25) is 0 Å². The molecular weight excluding hydrogens is 238 g/mol. The lowest BCUT2D eigenvalue weighted by Crippen LogP contribution is -2.14. The van der Waals surface area contributed by atoms with Crippen molar-refractivity contribution in [2.24, 2.45) is 0 Å². The van der Waals surface area contributed by atoms with Crippen molar-refractivity contribution >= 4 is 11.5 Å². The van der Waals surface area contributed by atoms with Crippen molar-refractivity contribution in [2.75, 3.05) is 19.0 Å². The summed E-state index contributed by atoms with van der Waals surface area (Å²) in [6.07, 6.45) is 0. The molecule has 0 fully saturated rings. The number of ether oxygens (including phenoxy) is 1. The Morgan fingerprint density at radius 3 is 2.53 bits per heavy atom. The summed E-state index contributed by atoms with van der Waals surface area (Å²) in [6, 6.07) is 15.2. The fraction of sp³-hybridized carbons (Fsp3) is 0.188. The average molecular weight is 255 g/mol. The molecule has 0 atom stereocenters. The lowest BCUT2D eigenvalue weighted by atomic mass is 10.1. The maximum Gasteiger partial charge on any atom is 0.181 e. The summed E-state index contributed by atoms with van der Waals surface area (Å²) < 4.78 is 5.18. The number of nitrogens with one attached hydrogen (secondary N) is 1. The van der Waals surface area contributed by atoms with Gasteiger partial charge in [0.15, 0.2) is 5.78 Å². The van der Waals surface area contributed by atoms with Crippen molar-refractivity contribution in [3.63, 3.8) is 0 Å². The van der Waals surface area contributed by atoms with E-state index in [0.717, 1.165) is 17.0 Å². The van der Waals surface area contributed by atoms with E-state index in [2.05, 4.69) is 5.32 Å². The highest BCUT2D eigenvalue weighted by Gasteiger charge is 2.07. The standard InChI is InChI=1S/C16H17NO2/c1-12-10-13(8-9-16(12)19-2)15(18)11-17-14-6-4-3-5-7-14/h3-10,17H,11H2,1-2H3. The zero-order valence-corrected chi connectivity index (χ0v) is 11.1. The number of Topliss-reactive ketones (excluding diaryl/α,β-unsaturated/α-hetero) is 1. The maximum absolute atomic E-state index is 12.1. The number of rotatable bonds is 5. The Balaban J connectivity index is 2.02. The Morgan fingerprint density at radius 2 is 1.89 bits per heavy atom. The van der Waals surface area contributed by atoms with Gasteiger partial charge in [0, 0.05) is 11.3 Å². The van der Waals surface area contributed by atoms with Crippen LogP contribution in [0.5, 0.6) is 5.75 Å². The first-order valence-corrected chi connectivity index (χ1v) is 6.17. The number of ketones is 1. The van der Waals surface area contributed by atoms with Crippen LogP contribution in [0.15, 0.2) is 48.5 Å². The molecule has 0 heterocycles. The third-order valence-electron chi connectivity index (χ3n) is 2.94. The molecule has 0 aliphatic carbocycles. The van der Waals surface area contributed by atoms with Gasteiger partial charge < -0.3 is 10.1 Å². The van der Waals surface area contributed by atoms with E-state index in [0.29, 0.717) is 5.56 Å². The number of hydrogen-bond acceptors (Lipinski definition) is 3. The number of carbonyl (C=O) groups is 1. The van der Waals surface area contributed by atoms with Crippen LogP contribution in [0.25, 0.3) is 0 Å². The van der Waals surface area contributed by atoms with Gasteiger partial charge in [0.1, 0.15) is 5.75 Å². The molecule has 0 amide bonds. The third-order valence-corrected chi connectivity index (χ3v) is 2.94. The average Bonchev–Trinajstić information content (AvgIpc) is 2.45. The molecule has 0 radical (unpaired) electrons. The van der Waals surface area contributed by atoms with E-state index in [1.54, 1.807) is 13.2 Å². The van der Waals surface area contributed by atoms with Crippen LogP contribution in [-0.2, 0) is 0 Å². The van der Waals surface area contributed by atoms with Crippen LogP contribution in [0.3, 0.4) is 0 Å². The number of benzene rings is 2. The van der Waals surface area contributed by atoms with Gasteiger partial charge in [-0.05, 0) is 42.8 Å². The molecule has 0 bridgehead atoms. The summed E-state index contributed by atoms with van der Waals surface area (Å²) in [5.41, 5.74) is 2.61. The fourth-order valence-corrected chi connectivity index (χ4v) is 1.89. The molecular formula is C16H17NO2. The second-order valence-corrected chi connectivity index (χ2v) is 4.33. The first-order chi connectivity index (χ1) is 9.20. The highest BCUT2D eigenvalue weighted by atomic mass is 16.5. The van der Waals surface area contributed by atoms with Crippen LogP contribution in [0.4, 0.5) is 5.69 Å². The summed E-state index contributed by atoms with van der Waals surface area (Å²) in [7, 11) is 1.63. The van der Waals surface area contributed by atoms with E-state index in [9.17, 15) is 4.79 Å². The molecule has 3 heteroatoms. The highest BCUT2D eigenvalue weighted by Crippen LogP contribution is 2.18. The van der Waals surface area contributed by atoms with Crippen LogP contribution in [-0.4, -0.2) is 19.4 Å². The molecule has 19 heavy (non-hydrogen) atoms. The number of carbonyl (C=O) groups excluding carboxylic acids is 1. The van der Waals surface area contributed by atoms with Crippen LogP contribution < -0.4 is 10.1 Å². The Morgan fingerprint density at radius 1 is 1.16 bits per heavy atom. The van der Waals surface area contributed by atoms with E-state index >= 15 is 0 Å². The maximum atomic E-state index is 12.1. The molecule has 2 aromatic rings. The minimum Gasteiger partial charge on any atom is -0.496 e. The minimum absolute atomic E-state index is 0.0645. The quantitative estimate of drug-likeness (QED) is 0.833. The van der Waals surface area contributed by atoms with Gasteiger partial charge in [0.05, 0.1) is 13.7 Å². The van der Waals surface area contributed by atoms with Gasteiger partial charge in [-0.15, -0.1) is 0 Å². The van der Waals surface area contributed by atoms with Crippen molar-refractivity contribution in [3.05, 3.63) is 59.7 Å². The number of aryl methyl sites for hydroxylation is 1. The normalized spacial score (nSPS) is 10.0. The summed E-state index contributed by atoms with van der Waals surface area (Å²) in [5, 5.41) is 3.11. The molecule has 0 spiro atoms. The smallest absolute Gasteiger partial charge is 0.181 e. The van der Waals surface area contributed by atoms with Gasteiger partial charge in [-0.2, -0.15) is 0 Å². The van der Waals surface area contributed by atoms with Gasteiger partial charge in [-0.1, -0.05) is 18.2 Å². The molecule has 0 aliphatic rings. The Labute approximate surface area is 113 Å². The number of anilines is 1. The molecule has 3 nitrogen and oxygen atoms in total. The second-order valence-electron chi connectivity index (χ2n) is 4.33. The van der Waals surface area contributed by atoms with Gasteiger partial charge in [-0.25, -0.2) is 0 Å². The predicted octanol–water partition coefficient (Wildman–Crippen LogP) is 3.30. The highest BCUT2D eigenvalue weighted by molar-refractivity contribution is 5.99. The lowest BCUT2D eigenvalue weighted by Gasteiger charge is -2.08. The molecule has 2 rings (SSSR count). The van der Waals surface area contributed by atoms with Gasteiger partial charge in [-0.3, -0.25) is 4.79 Å². The Hall–Kier alpha value is -2.29. The van der Waals surface area contributed by atoms with Crippen molar-refractivity contribution in [3.8, 4) is 5.75 Å². The molecule has 2 aromatic carbocycles. The van der Waals surface area contributed by atoms with Gasteiger partial charge >= 0.3 is 0 Å². The Bertz CT molecular complexity index is 564. The van der Waals surface area contributed by atoms with E-state index in [-0.39, 0.29) is 12.3 Å². The SMILES string of the molecule is COc1ccc(C(=O)CNc2ccccc2)cc1C. The summed E-state index contributed by atoms with van der Waals surface area (Å²) in [6.45, 7) is 2.22. The lowest BCUT2D eigenvalue weighted by molar-refractivity contribution is 0.101. The fourth-order valence-electron chi connectivity index (χ4n) is 1.89. The summed E-state index contributed by atoms with van der Waals surface area (Å²) in [4.78, 5) is 12.1. The van der Waals surface area contributed by atoms with Crippen LogP contribution in [0.2, 0.25) is 0 Å². The zero-order valence-electron chi connectivity index (χ0n) is 11.1. The monoisotopic (exact) mass is 255 g/mol. The minimum atomic E-state index is 0.0645. The predicted molar refractivity (Wildman–Crippen MR) is 77.0 cm³/mol. The first-order valence-electron chi connectivity index (χ1n) is 6.17. The number of hydrogen-bond donors (Lipinski definition) is 1. The van der Waals surface area contributed by atoms with E-state index in [1.165, 1.54) is 0 Å². The largest absolute Gasteiger partial charge is 0.496 e. The molecule has 0 unspecified atom stereocenters. The second kappa shape index (κ2) is 6.05. The van der Waals surface area contributed by atoms with E-state index in [1.807, 2.05) is 49.4 Å². The van der Waals surface area contributed by atoms with E-state index in [4.69, 9.17) is 4.74 Å². The third kappa shape index (κ3) is 3.35. The first kappa shape index (κ1) is 13.1. The molecule has 98 valence electrons. The van der Waals surface area contributed by atoms with E-state index < -0.39 is 0 Å². The Kier molecular flexibility index (Phi) is 4.18. The topological polar surface area (TPSA) is 38.3 Å². The molecule has 0 aromatic heterocycles. The summed E-state index contributed by atoms with van der Waals surface area (Å²) in [5.74, 6) is 0.863. The van der Waals surface area contributed by atoms with Gasteiger partial charge in [0.25, 0.3) is 0 Å². The number of methoxy groups -OCH3 is 1.